The molecule has 1 aliphatic heterocycles. The van der Waals surface area contributed by atoms with Gasteiger partial charge in [-0.3, -0.25) is 4.79 Å². The molecule has 6 unspecified atom stereocenters. The topological polar surface area (TPSA) is 135 Å². The Labute approximate surface area is 342 Å². The molecule has 0 amide bonds. The lowest BCUT2D eigenvalue weighted by atomic mass is 9.99. The third-order valence-electron chi connectivity index (χ3n) is 10.2. The third kappa shape index (κ3) is 29.4. The number of ether oxygens (including phenoxy) is 4. The SMILES string of the molecule is CCCC/C=C\CCCCCCCCOCC(COC1OC(CO)C(O)C(O)C1O)OC(=O)CCCCCCCC/C=C\C/C=C\C/C=C\CCCCCCC. The zero-order valence-corrected chi connectivity index (χ0v) is 35.6. The van der Waals surface area contributed by atoms with E-state index >= 15 is 0 Å². The van der Waals surface area contributed by atoms with Crippen LogP contribution in [-0.4, -0.2) is 89.6 Å². The zero-order chi connectivity index (χ0) is 40.7. The van der Waals surface area contributed by atoms with Gasteiger partial charge in [0.15, 0.2) is 6.29 Å². The van der Waals surface area contributed by atoms with Crippen molar-refractivity contribution >= 4 is 5.97 Å². The summed E-state index contributed by atoms with van der Waals surface area (Å²) in [6.45, 7) is 4.48. The van der Waals surface area contributed by atoms with E-state index in [0.29, 0.717) is 13.0 Å². The van der Waals surface area contributed by atoms with Crippen molar-refractivity contribution in [2.24, 2.45) is 0 Å². The van der Waals surface area contributed by atoms with Gasteiger partial charge in [0.05, 0.1) is 19.8 Å². The molecule has 0 aliphatic carbocycles. The predicted octanol–water partition coefficient (Wildman–Crippen LogP) is 10.1. The minimum absolute atomic E-state index is 0.122. The molecule has 1 saturated heterocycles. The van der Waals surface area contributed by atoms with Crippen molar-refractivity contribution in [1.29, 1.82) is 0 Å². The maximum Gasteiger partial charge on any atom is 0.306 e. The smallest absolute Gasteiger partial charge is 0.306 e. The van der Waals surface area contributed by atoms with Crippen molar-refractivity contribution in [3.8, 4) is 0 Å². The lowest BCUT2D eigenvalue weighted by Crippen LogP contribution is -2.59. The van der Waals surface area contributed by atoms with Crippen LogP contribution in [0.1, 0.15) is 181 Å². The van der Waals surface area contributed by atoms with Crippen molar-refractivity contribution < 1.29 is 44.2 Å². The van der Waals surface area contributed by atoms with Crippen LogP contribution in [0.5, 0.6) is 0 Å². The average molecular weight is 793 g/mol. The number of unbranched alkanes of at least 4 members (excludes halogenated alkanes) is 19. The first-order chi connectivity index (χ1) is 27.4. The largest absolute Gasteiger partial charge is 0.457 e. The van der Waals surface area contributed by atoms with Crippen molar-refractivity contribution in [3.63, 3.8) is 0 Å². The predicted molar refractivity (Wildman–Crippen MR) is 228 cm³/mol. The molecule has 326 valence electrons. The van der Waals surface area contributed by atoms with E-state index in [9.17, 15) is 25.2 Å². The van der Waals surface area contributed by atoms with E-state index in [1.165, 1.54) is 89.9 Å². The fourth-order valence-corrected chi connectivity index (χ4v) is 6.60. The van der Waals surface area contributed by atoms with Gasteiger partial charge in [-0.15, -0.1) is 0 Å². The molecule has 0 spiro atoms. The molecule has 0 aromatic heterocycles. The maximum atomic E-state index is 12.8. The lowest BCUT2D eigenvalue weighted by molar-refractivity contribution is -0.305. The summed E-state index contributed by atoms with van der Waals surface area (Å²) >= 11 is 0. The van der Waals surface area contributed by atoms with Crippen LogP contribution in [0.2, 0.25) is 0 Å². The Bertz CT molecular complexity index is 994. The highest BCUT2D eigenvalue weighted by atomic mass is 16.7. The summed E-state index contributed by atoms with van der Waals surface area (Å²) in [5, 5.41) is 40.1. The van der Waals surface area contributed by atoms with Crippen molar-refractivity contribution in [3.05, 3.63) is 48.6 Å². The second-order valence-corrected chi connectivity index (χ2v) is 15.5. The number of carbonyl (C=O) groups is 1. The molecule has 6 atom stereocenters. The van der Waals surface area contributed by atoms with Gasteiger partial charge in [-0.05, 0) is 70.6 Å². The molecule has 9 heteroatoms. The van der Waals surface area contributed by atoms with Gasteiger partial charge < -0.3 is 39.4 Å². The zero-order valence-electron chi connectivity index (χ0n) is 35.6. The molecule has 9 nitrogen and oxygen atoms in total. The quantitative estimate of drug-likeness (QED) is 0.0274. The molecule has 0 aromatic rings. The molecule has 1 fully saturated rings. The number of aliphatic hydroxyl groups is 4. The van der Waals surface area contributed by atoms with Crippen LogP contribution in [-0.2, 0) is 23.7 Å². The number of aliphatic hydroxyl groups excluding tert-OH is 4. The van der Waals surface area contributed by atoms with E-state index in [4.69, 9.17) is 18.9 Å². The fourth-order valence-electron chi connectivity index (χ4n) is 6.60. The highest BCUT2D eigenvalue weighted by Crippen LogP contribution is 2.22. The molecule has 0 aromatic carbocycles. The molecular weight excluding hydrogens is 709 g/mol. The Morgan fingerprint density at radius 1 is 0.571 bits per heavy atom. The molecule has 1 aliphatic rings. The molecule has 0 saturated carbocycles. The van der Waals surface area contributed by atoms with E-state index in [-0.39, 0.29) is 19.2 Å². The van der Waals surface area contributed by atoms with Crippen LogP contribution < -0.4 is 0 Å². The highest BCUT2D eigenvalue weighted by Gasteiger charge is 2.44. The summed E-state index contributed by atoms with van der Waals surface area (Å²) < 4.78 is 22.8. The van der Waals surface area contributed by atoms with Gasteiger partial charge in [0, 0.05) is 13.0 Å². The Morgan fingerprint density at radius 3 is 1.62 bits per heavy atom. The minimum atomic E-state index is -1.54. The molecule has 0 radical (unpaired) electrons. The van der Waals surface area contributed by atoms with Gasteiger partial charge in [-0.2, -0.15) is 0 Å². The molecule has 0 bridgehead atoms. The Morgan fingerprint density at radius 2 is 1.05 bits per heavy atom. The van der Waals surface area contributed by atoms with Crippen LogP contribution >= 0.6 is 0 Å². The van der Waals surface area contributed by atoms with E-state index < -0.39 is 43.4 Å². The molecule has 1 heterocycles. The highest BCUT2D eigenvalue weighted by molar-refractivity contribution is 5.69. The fraction of sp³-hybridized carbons (Fsp3) is 0.809. The summed E-state index contributed by atoms with van der Waals surface area (Å²) in [6.07, 6.45) is 39.9. The summed E-state index contributed by atoms with van der Waals surface area (Å²) in [6, 6.07) is 0. The first-order valence-corrected chi connectivity index (χ1v) is 22.7. The summed E-state index contributed by atoms with van der Waals surface area (Å²) in [4.78, 5) is 12.8. The third-order valence-corrected chi connectivity index (χ3v) is 10.2. The van der Waals surface area contributed by atoms with Crippen LogP contribution in [0.3, 0.4) is 0 Å². The number of hydrogen-bond donors (Lipinski definition) is 4. The first-order valence-electron chi connectivity index (χ1n) is 22.7. The minimum Gasteiger partial charge on any atom is -0.457 e. The van der Waals surface area contributed by atoms with E-state index in [1.54, 1.807) is 0 Å². The summed E-state index contributed by atoms with van der Waals surface area (Å²) in [5.41, 5.74) is 0. The van der Waals surface area contributed by atoms with Crippen LogP contribution in [0.15, 0.2) is 48.6 Å². The Hall–Kier alpha value is -1.85. The van der Waals surface area contributed by atoms with Gasteiger partial charge >= 0.3 is 5.97 Å². The normalized spacial score (nSPS) is 21.0. The number of allylic oxidation sites excluding steroid dienone is 8. The molecular formula is C47H84O9. The Kier molecular flexibility index (Phi) is 36.0. The summed E-state index contributed by atoms with van der Waals surface area (Å²) in [7, 11) is 0. The van der Waals surface area contributed by atoms with Gasteiger partial charge in [-0.1, -0.05) is 152 Å². The standard InChI is InChI=1S/C47H84O9/c1-3-5-7-9-11-13-15-17-18-19-20-21-22-23-24-25-26-28-30-32-34-36-43(49)55-41(40-54-47-46(52)45(51)44(50)42(38-48)56-47)39-53-37-35-33-31-29-27-16-14-12-10-8-6-4-2/h10,12,15,17,19-20,22-23,41-42,44-48,50-52H,3-9,11,13-14,16,18,21,24-40H2,1-2H3/b12-10-,17-15-,20-19-,23-22-. The van der Waals surface area contributed by atoms with E-state index in [1.807, 2.05) is 0 Å². The lowest BCUT2D eigenvalue weighted by Gasteiger charge is -2.39. The van der Waals surface area contributed by atoms with Crippen molar-refractivity contribution in [1.82, 2.24) is 0 Å². The van der Waals surface area contributed by atoms with E-state index in [0.717, 1.165) is 70.6 Å². The number of esters is 1. The number of rotatable bonds is 38. The van der Waals surface area contributed by atoms with Crippen LogP contribution in [0.25, 0.3) is 0 Å². The Balaban J connectivity index is 2.26. The maximum absolute atomic E-state index is 12.8. The van der Waals surface area contributed by atoms with Crippen LogP contribution in [0, 0.1) is 0 Å². The second-order valence-electron chi connectivity index (χ2n) is 15.5. The summed E-state index contributed by atoms with van der Waals surface area (Å²) in [5.74, 6) is -0.329. The van der Waals surface area contributed by atoms with Gasteiger partial charge in [0.25, 0.3) is 0 Å². The number of carbonyl (C=O) groups excluding carboxylic acids is 1. The first kappa shape index (κ1) is 52.2. The van der Waals surface area contributed by atoms with Crippen LogP contribution in [0.4, 0.5) is 0 Å². The molecule has 4 N–H and O–H groups in total. The van der Waals surface area contributed by atoms with Crippen molar-refractivity contribution in [2.45, 2.75) is 218 Å². The average Bonchev–Trinajstić information content (AvgIpc) is 3.20. The van der Waals surface area contributed by atoms with Gasteiger partial charge in [0.2, 0.25) is 0 Å². The molecule has 1 rings (SSSR count). The van der Waals surface area contributed by atoms with Crippen molar-refractivity contribution in [2.75, 3.05) is 26.4 Å². The second kappa shape index (κ2) is 38.7. The van der Waals surface area contributed by atoms with Gasteiger partial charge in [0.1, 0.15) is 30.5 Å². The monoisotopic (exact) mass is 793 g/mol. The number of hydrogen-bond acceptors (Lipinski definition) is 9. The van der Waals surface area contributed by atoms with E-state index in [2.05, 4.69) is 62.5 Å². The molecule has 56 heavy (non-hydrogen) atoms. The van der Waals surface area contributed by atoms with Gasteiger partial charge in [-0.25, -0.2) is 0 Å².